The number of hydrogen-bond donors (Lipinski definition) is 2. The third-order valence-electron chi connectivity index (χ3n) is 7.11. The molecule has 2 N–H and O–H groups in total. The summed E-state index contributed by atoms with van der Waals surface area (Å²) in [4.78, 5) is 33.2. The third kappa shape index (κ3) is 5.42. The molecule has 13 heteroatoms. The van der Waals surface area contributed by atoms with Gasteiger partial charge in [0.05, 0.1) is 25.3 Å². The van der Waals surface area contributed by atoms with Gasteiger partial charge in [-0.3, -0.25) is 14.4 Å². The fraction of sp³-hybridized carbons (Fsp3) is 0.444. The van der Waals surface area contributed by atoms with Crippen LogP contribution in [0.25, 0.3) is 11.4 Å². The minimum atomic E-state index is -0.383. The molecule has 3 aromatic heterocycles. The number of nitrogens with zero attached hydrogens (tertiary/aromatic N) is 8. The number of fused-ring (bicyclic) bond motifs is 1. The van der Waals surface area contributed by atoms with Crippen LogP contribution in [0, 0.1) is 0 Å². The minimum Gasteiger partial charge on any atom is -0.378 e. The first-order valence-corrected chi connectivity index (χ1v) is 13.3. The van der Waals surface area contributed by atoms with Gasteiger partial charge in [-0.25, -0.2) is 9.97 Å². The molecule has 0 bridgehead atoms. The number of aryl methyl sites for hydroxylation is 1. The molecule has 13 nitrogen and oxygen atoms in total. The summed E-state index contributed by atoms with van der Waals surface area (Å²) in [5, 5.41) is 14.6. The monoisotopic (exact) mass is 544 g/mol. The summed E-state index contributed by atoms with van der Waals surface area (Å²) in [7, 11) is 1.85. The van der Waals surface area contributed by atoms with Gasteiger partial charge in [-0.05, 0) is 23.6 Å². The lowest BCUT2D eigenvalue weighted by Crippen LogP contribution is -2.48. The van der Waals surface area contributed by atoms with Gasteiger partial charge in [0.15, 0.2) is 17.5 Å². The standard InChI is InChI=1S/C27H32N10O3/c1-27(2,3)25-33-24(40-35-25)23(38)30-20-7-10-37(18-13-39-14-18)12-17-11-16(5-6-19(17)20)22-28-15-29-26(32-22)31-21-8-9-36(4)34-21/h5-6,8-9,11,15,18,20H,7,10,12-14H2,1-4H3,(H,30,38)(H,28,29,31,32,34). The number of nitrogens with one attached hydrogen (secondary N) is 2. The predicted octanol–water partition coefficient (Wildman–Crippen LogP) is 2.77. The zero-order valence-electron chi connectivity index (χ0n) is 23.0. The second-order valence-electron chi connectivity index (χ2n) is 11.2. The number of carbonyl (C=O) groups is 1. The molecule has 0 aliphatic carbocycles. The zero-order chi connectivity index (χ0) is 27.9. The van der Waals surface area contributed by atoms with Crippen LogP contribution in [-0.2, 0) is 23.7 Å². The topological polar surface area (TPSA) is 149 Å². The van der Waals surface area contributed by atoms with Crippen LogP contribution >= 0.6 is 0 Å². The molecule has 1 amide bonds. The molecule has 1 aromatic carbocycles. The molecule has 2 aliphatic heterocycles. The van der Waals surface area contributed by atoms with E-state index < -0.39 is 0 Å². The Kier molecular flexibility index (Phi) is 6.76. The van der Waals surface area contributed by atoms with E-state index >= 15 is 0 Å². The molecule has 1 atom stereocenters. The van der Waals surface area contributed by atoms with Gasteiger partial charge in [0, 0.05) is 43.4 Å². The largest absolute Gasteiger partial charge is 0.378 e. The van der Waals surface area contributed by atoms with E-state index in [4.69, 9.17) is 9.26 Å². The van der Waals surface area contributed by atoms with Crippen LogP contribution in [0.15, 0.2) is 41.3 Å². The number of hydrogen-bond acceptors (Lipinski definition) is 11. The van der Waals surface area contributed by atoms with E-state index in [1.54, 1.807) is 4.68 Å². The molecule has 40 heavy (non-hydrogen) atoms. The lowest BCUT2D eigenvalue weighted by atomic mass is 9.96. The van der Waals surface area contributed by atoms with Crippen LogP contribution < -0.4 is 10.6 Å². The first kappa shape index (κ1) is 26.0. The van der Waals surface area contributed by atoms with E-state index in [0.717, 1.165) is 36.2 Å². The Morgan fingerprint density at radius 2 is 1.98 bits per heavy atom. The van der Waals surface area contributed by atoms with Gasteiger partial charge in [-0.15, -0.1) is 0 Å². The van der Waals surface area contributed by atoms with Crippen molar-refractivity contribution in [3.8, 4) is 11.4 Å². The van der Waals surface area contributed by atoms with E-state index in [2.05, 4.69) is 51.8 Å². The third-order valence-corrected chi connectivity index (χ3v) is 7.11. The molecule has 5 heterocycles. The molecule has 0 spiro atoms. The summed E-state index contributed by atoms with van der Waals surface area (Å²) in [6, 6.07) is 8.08. The van der Waals surface area contributed by atoms with E-state index in [0.29, 0.717) is 42.7 Å². The first-order chi connectivity index (χ1) is 19.2. The lowest BCUT2D eigenvalue weighted by Gasteiger charge is -2.36. The highest BCUT2D eigenvalue weighted by atomic mass is 16.5. The average Bonchev–Trinajstić information content (AvgIpc) is 3.51. The number of rotatable bonds is 6. The highest BCUT2D eigenvalue weighted by Crippen LogP contribution is 2.32. The Balaban J connectivity index is 1.28. The highest BCUT2D eigenvalue weighted by Gasteiger charge is 2.32. The van der Waals surface area contributed by atoms with Crippen LogP contribution in [-0.4, -0.2) is 71.5 Å². The van der Waals surface area contributed by atoms with Gasteiger partial charge in [0.25, 0.3) is 0 Å². The van der Waals surface area contributed by atoms with E-state index in [9.17, 15) is 4.79 Å². The van der Waals surface area contributed by atoms with Crippen LogP contribution in [0.2, 0.25) is 0 Å². The summed E-state index contributed by atoms with van der Waals surface area (Å²) < 4.78 is 12.5. The van der Waals surface area contributed by atoms with Crippen molar-refractivity contribution >= 4 is 17.7 Å². The maximum atomic E-state index is 13.2. The van der Waals surface area contributed by atoms with Crippen molar-refractivity contribution in [2.75, 3.05) is 25.1 Å². The summed E-state index contributed by atoms with van der Waals surface area (Å²) in [6.07, 6.45) is 4.06. The number of anilines is 2. The van der Waals surface area contributed by atoms with Gasteiger partial charge in [-0.1, -0.05) is 38.1 Å². The SMILES string of the molecule is Cn1ccc(Nc2ncnc(-c3ccc4c(c3)CN(C3COC3)CCC4NC(=O)c3nc(C(C)(C)C)no3)n2)n1. The molecule has 1 unspecified atom stereocenters. The van der Waals surface area contributed by atoms with Crippen molar-refractivity contribution in [1.29, 1.82) is 0 Å². The molecular formula is C27H32N10O3. The summed E-state index contributed by atoms with van der Waals surface area (Å²) in [5.74, 6) is 1.68. The van der Waals surface area contributed by atoms with Crippen molar-refractivity contribution in [2.24, 2.45) is 7.05 Å². The van der Waals surface area contributed by atoms with E-state index in [1.165, 1.54) is 6.33 Å². The van der Waals surface area contributed by atoms with Crippen molar-refractivity contribution < 1.29 is 14.1 Å². The minimum absolute atomic E-state index is 0.0327. The Labute approximate surface area is 231 Å². The van der Waals surface area contributed by atoms with Crippen LogP contribution in [0.4, 0.5) is 11.8 Å². The molecule has 4 aromatic rings. The average molecular weight is 545 g/mol. The van der Waals surface area contributed by atoms with Gasteiger partial charge >= 0.3 is 11.8 Å². The Bertz CT molecular complexity index is 1520. The second-order valence-corrected chi connectivity index (χ2v) is 11.2. The van der Waals surface area contributed by atoms with Crippen LogP contribution in [0.3, 0.4) is 0 Å². The molecule has 208 valence electrons. The normalized spacial score (nSPS) is 18.1. The molecular weight excluding hydrogens is 512 g/mol. The van der Waals surface area contributed by atoms with E-state index in [-0.39, 0.29) is 23.3 Å². The van der Waals surface area contributed by atoms with Crippen molar-refractivity contribution in [1.82, 2.24) is 45.1 Å². The molecule has 1 fully saturated rings. The van der Waals surface area contributed by atoms with Gasteiger partial charge in [0.1, 0.15) is 6.33 Å². The number of aromatic nitrogens is 7. The number of carbonyl (C=O) groups excluding carboxylic acids is 1. The number of amides is 1. The summed E-state index contributed by atoms with van der Waals surface area (Å²) >= 11 is 0. The van der Waals surface area contributed by atoms with Gasteiger partial charge < -0.3 is 19.9 Å². The fourth-order valence-electron chi connectivity index (χ4n) is 4.80. The van der Waals surface area contributed by atoms with Crippen molar-refractivity contribution in [3.63, 3.8) is 0 Å². The Morgan fingerprint density at radius 1 is 1.12 bits per heavy atom. The van der Waals surface area contributed by atoms with Crippen LogP contribution in [0.1, 0.15) is 60.9 Å². The fourth-order valence-corrected chi connectivity index (χ4v) is 4.80. The molecule has 1 saturated heterocycles. The van der Waals surface area contributed by atoms with Gasteiger partial charge in [-0.2, -0.15) is 15.1 Å². The summed E-state index contributed by atoms with van der Waals surface area (Å²) in [5.41, 5.74) is 2.67. The van der Waals surface area contributed by atoms with Crippen molar-refractivity contribution in [2.45, 2.75) is 51.2 Å². The Hall–Kier alpha value is -4.23. The molecule has 6 rings (SSSR count). The number of benzene rings is 1. The quantitative estimate of drug-likeness (QED) is 0.369. The molecule has 2 aliphatic rings. The van der Waals surface area contributed by atoms with Gasteiger partial charge in [0.2, 0.25) is 5.95 Å². The molecule has 0 radical (unpaired) electrons. The first-order valence-electron chi connectivity index (χ1n) is 13.3. The van der Waals surface area contributed by atoms with Crippen molar-refractivity contribution in [3.05, 3.63) is 59.6 Å². The maximum Gasteiger partial charge on any atom is 0.315 e. The second kappa shape index (κ2) is 10.4. The number of ether oxygens (including phenoxy) is 1. The predicted molar refractivity (Wildman–Crippen MR) is 145 cm³/mol. The highest BCUT2D eigenvalue weighted by molar-refractivity contribution is 5.89. The zero-order valence-corrected chi connectivity index (χ0v) is 23.0. The smallest absolute Gasteiger partial charge is 0.315 e. The Morgan fingerprint density at radius 3 is 2.67 bits per heavy atom. The van der Waals surface area contributed by atoms with E-state index in [1.807, 2.05) is 52.2 Å². The lowest BCUT2D eigenvalue weighted by molar-refractivity contribution is -0.0678. The van der Waals surface area contributed by atoms with Crippen LogP contribution in [0.5, 0.6) is 0 Å². The summed E-state index contributed by atoms with van der Waals surface area (Å²) in [6.45, 7) is 8.87. The maximum absolute atomic E-state index is 13.2. The molecule has 0 saturated carbocycles.